The van der Waals surface area contributed by atoms with Crippen LogP contribution in [-0.4, -0.2) is 19.1 Å². The van der Waals surface area contributed by atoms with Gasteiger partial charge in [0.05, 0.1) is 11.6 Å². The molecule has 0 aliphatic carbocycles. The standard InChI is InChI=1S/C30H25Cl2NO4/c31-23-9-13-25(14-10-23)36-27-6-2-1-4-20(27)15-16-33-30(34)21-7-11-24(12-8-21)37-29-19-28-22(18-26(29)32)5-3-17-35-28/h1-2,4,6-14,18-19H,3,5,15-17H2,(H,33,34). The van der Waals surface area contributed by atoms with Crippen molar-refractivity contribution < 1.29 is 19.0 Å². The van der Waals surface area contributed by atoms with Crippen LogP contribution >= 0.6 is 23.2 Å². The summed E-state index contributed by atoms with van der Waals surface area (Å²) in [4.78, 5) is 12.7. The largest absolute Gasteiger partial charge is 0.493 e. The van der Waals surface area contributed by atoms with Crippen LogP contribution in [0.4, 0.5) is 0 Å². The van der Waals surface area contributed by atoms with Crippen LogP contribution in [-0.2, 0) is 12.8 Å². The number of nitrogens with one attached hydrogen (secondary N) is 1. The number of aryl methyl sites for hydroxylation is 1. The summed E-state index contributed by atoms with van der Waals surface area (Å²) in [5.41, 5.74) is 2.63. The molecule has 188 valence electrons. The molecule has 0 unspecified atom stereocenters. The van der Waals surface area contributed by atoms with Gasteiger partial charge in [0.1, 0.15) is 28.7 Å². The number of carbonyl (C=O) groups is 1. The smallest absolute Gasteiger partial charge is 0.251 e. The second-order valence-corrected chi connectivity index (χ2v) is 9.48. The van der Waals surface area contributed by atoms with Crippen LogP contribution < -0.4 is 19.5 Å². The minimum absolute atomic E-state index is 0.164. The lowest BCUT2D eigenvalue weighted by atomic mass is 10.1. The molecule has 0 atom stereocenters. The second kappa shape index (κ2) is 11.6. The second-order valence-electron chi connectivity index (χ2n) is 8.64. The molecule has 0 bridgehead atoms. The highest BCUT2D eigenvalue weighted by Gasteiger charge is 2.15. The van der Waals surface area contributed by atoms with Crippen molar-refractivity contribution in [3.8, 4) is 28.7 Å². The summed E-state index contributed by atoms with van der Waals surface area (Å²) in [6.45, 7) is 1.15. The zero-order chi connectivity index (χ0) is 25.6. The molecule has 5 rings (SSSR count). The van der Waals surface area contributed by atoms with Gasteiger partial charge in [0.25, 0.3) is 5.91 Å². The van der Waals surface area contributed by atoms with Gasteiger partial charge in [-0.25, -0.2) is 0 Å². The number of benzene rings is 4. The summed E-state index contributed by atoms with van der Waals surface area (Å²) in [6.07, 6.45) is 2.55. The number of para-hydroxylation sites is 1. The van der Waals surface area contributed by atoms with E-state index in [1.54, 1.807) is 36.4 Å². The molecule has 0 fully saturated rings. The van der Waals surface area contributed by atoms with E-state index in [0.29, 0.717) is 52.4 Å². The Kier molecular flexibility index (Phi) is 7.83. The maximum atomic E-state index is 12.7. The Morgan fingerprint density at radius 3 is 2.35 bits per heavy atom. The van der Waals surface area contributed by atoms with E-state index in [1.807, 2.05) is 48.5 Å². The highest BCUT2D eigenvalue weighted by molar-refractivity contribution is 6.32. The molecule has 1 aliphatic rings. The normalized spacial score (nSPS) is 12.3. The number of hydrogen-bond donors (Lipinski definition) is 1. The fourth-order valence-corrected chi connectivity index (χ4v) is 4.43. The van der Waals surface area contributed by atoms with Crippen LogP contribution in [0.2, 0.25) is 10.0 Å². The molecule has 4 aromatic rings. The SMILES string of the molecule is O=C(NCCc1ccccc1Oc1ccc(Cl)cc1)c1ccc(Oc2cc3c(cc2Cl)CCCO3)cc1. The Morgan fingerprint density at radius 2 is 1.57 bits per heavy atom. The Hall–Kier alpha value is -3.67. The van der Waals surface area contributed by atoms with Crippen LogP contribution in [0.15, 0.2) is 84.9 Å². The number of carbonyl (C=O) groups excluding carboxylic acids is 1. The first-order chi connectivity index (χ1) is 18.0. The number of hydrogen-bond acceptors (Lipinski definition) is 4. The van der Waals surface area contributed by atoms with Gasteiger partial charge in [-0.15, -0.1) is 0 Å². The predicted molar refractivity (Wildman–Crippen MR) is 146 cm³/mol. The quantitative estimate of drug-likeness (QED) is 0.250. The van der Waals surface area contributed by atoms with Gasteiger partial charge >= 0.3 is 0 Å². The lowest BCUT2D eigenvalue weighted by Gasteiger charge is -2.19. The first kappa shape index (κ1) is 25.0. The molecule has 1 N–H and O–H groups in total. The van der Waals surface area contributed by atoms with Crippen LogP contribution in [0, 0.1) is 0 Å². The predicted octanol–water partition coefficient (Wildman–Crippen LogP) is 7.88. The van der Waals surface area contributed by atoms with Gasteiger partial charge < -0.3 is 19.5 Å². The molecule has 5 nitrogen and oxygen atoms in total. The van der Waals surface area contributed by atoms with E-state index in [-0.39, 0.29) is 5.91 Å². The monoisotopic (exact) mass is 533 g/mol. The molecule has 0 aromatic heterocycles. The zero-order valence-electron chi connectivity index (χ0n) is 20.0. The van der Waals surface area contributed by atoms with Crippen LogP contribution in [0.1, 0.15) is 27.9 Å². The van der Waals surface area contributed by atoms with Crippen molar-refractivity contribution in [1.82, 2.24) is 5.32 Å². The molecule has 7 heteroatoms. The maximum Gasteiger partial charge on any atom is 0.251 e. The van der Waals surface area contributed by atoms with Crippen molar-refractivity contribution in [3.63, 3.8) is 0 Å². The fraction of sp³-hybridized carbons (Fsp3) is 0.167. The van der Waals surface area contributed by atoms with E-state index in [4.69, 9.17) is 37.4 Å². The molecule has 1 aliphatic heterocycles. The first-order valence-corrected chi connectivity index (χ1v) is 12.8. The number of fused-ring (bicyclic) bond motifs is 1. The average Bonchev–Trinajstić information content (AvgIpc) is 2.92. The molecule has 0 saturated carbocycles. The number of amides is 1. The summed E-state index contributed by atoms with van der Waals surface area (Å²) < 4.78 is 17.7. The lowest BCUT2D eigenvalue weighted by Crippen LogP contribution is -2.25. The molecule has 37 heavy (non-hydrogen) atoms. The van der Waals surface area contributed by atoms with E-state index < -0.39 is 0 Å². The Morgan fingerprint density at radius 1 is 0.865 bits per heavy atom. The summed E-state index contributed by atoms with van der Waals surface area (Å²) in [7, 11) is 0. The van der Waals surface area contributed by atoms with Gasteiger partial charge in [-0.2, -0.15) is 0 Å². The van der Waals surface area contributed by atoms with Crippen LogP contribution in [0.3, 0.4) is 0 Å². The first-order valence-electron chi connectivity index (χ1n) is 12.1. The van der Waals surface area contributed by atoms with E-state index in [1.165, 1.54) is 0 Å². The van der Waals surface area contributed by atoms with Crippen LogP contribution in [0.25, 0.3) is 0 Å². The molecule has 0 radical (unpaired) electrons. The van der Waals surface area contributed by atoms with Gasteiger partial charge in [0, 0.05) is 23.2 Å². The molecular formula is C30H25Cl2NO4. The van der Waals surface area contributed by atoms with Gasteiger partial charge in [0.15, 0.2) is 0 Å². The van der Waals surface area contributed by atoms with Gasteiger partial charge in [-0.3, -0.25) is 4.79 Å². The van der Waals surface area contributed by atoms with E-state index in [9.17, 15) is 4.79 Å². The molecule has 4 aromatic carbocycles. The van der Waals surface area contributed by atoms with Gasteiger partial charge in [-0.1, -0.05) is 41.4 Å². The summed E-state index contributed by atoms with van der Waals surface area (Å²) in [5.74, 6) is 3.20. The average molecular weight is 534 g/mol. The van der Waals surface area contributed by atoms with Crippen molar-refractivity contribution in [1.29, 1.82) is 0 Å². The molecule has 0 spiro atoms. The Labute approximate surface area is 225 Å². The van der Waals surface area contributed by atoms with Crippen molar-refractivity contribution in [3.05, 3.63) is 112 Å². The topological polar surface area (TPSA) is 56.8 Å². The third-order valence-corrected chi connectivity index (χ3v) is 6.55. The highest BCUT2D eigenvalue weighted by atomic mass is 35.5. The van der Waals surface area contributed by atoms with Crippen LogP contribution in [0.5, 0.6) is 28.7 Å². The number of rotatable bonds is 8. The lowest BCUT2D eigenvalue weighted by molar-refractivity contribution is 0.0954. The third-order valence-electron chi connectivity index (χ3n) is 6.00. The molecular weight excluding hydrogens is 509 g/mol. The van der Waals surface area contributed by atoms with Gasteiger partial charge in [-0.05, 0) is 91.1 Å². The van der Waals surface area contributed by atoms with Crippen molar-refractivity contribution >= 4 is 29.1 Å². The highest BCUT2D eigenvalue weighted by Crippen LogP contribution is 2.37. The summed E-state index contributed by atoms with van der Waals surface area (Å²) in [6, 6.07) is 25.6. The van der Waals surface area contributed by atoms with E-state index in [0.717, 1.165) is 35.5 Å². The maximum absolute atomic E-state index is 12.7. The van der Waals surface area contributed by atoms with Gasteiger partial charge in [0.2, 0.25) is 0 Å². The summed E-state index contributed by atoms with van der Waals surface area (Å²) in [5, 5.41) is 4.15. The van der Waals surface area contributed by atoms with Crippen molar-refractivity contribution in [2.45, 2.75) is 19.3 Å². The third kappa shape index (κ3) is 6.37. The minimum atomic E-state index is -0.164. The fourth-order valence-electron chi connectivity index (χ4n) is 4.08. The molecule has 1 heterocycles. The number of halogens is 2. The number of ether oxygens (including phenoxy) is 3. The van der Waals surface area contributed by atoms with E-state index >= 15 is 0 Å². The Bertz CT molecular complexity index is 1390. The molecule has 1 amide bonds. The van der Waals surface area contributed by atoms with Crippen molar-refractivity contribution in [2.24, 2.45) is 0 Å². The Balaban J connectivity index is 1.16. The summed E-state index contributed by atoms with van der Waals surface area (Å²) >= 11 is 12.4. The minimum Gasteiger partial charge on any atom is -0.493 e. The zero-order valence-corrected chi connectivity index (χ0v) is 21.5. The molecule has 0 saturated heterocycles. The van der Waals surface area contributed by atoms with E-state index in [2.05, 4.69) is 5.32 Å². The van der Waals surface area contributed by atoms with Crippen molar-refractivity contribution in [2.75, 3.05) is 13.2 Å².